The molecule has 24 heavy (non-hydrogen) atoms. The van der Waals surface area contributed by atoms with Gasteiger partial charge >= 0.3 is 5.69 Å². The van der Waals surface area contributed by atoms with Gasteiger partial charge in [0.05, 0.1) is 16.6 Å². The van der Waals surface area contributed by atoms with E-state index in [4.69, 9.17) is 10.00 Å². The summed E-state index contributed by atoms with van der Waals surface area (Å²) >= 11 is 0. The van der Waals surface area contributed by atoms with Gasteiger partial charge in [0.1, 0.15) is 5.75 Å². The predicted molar refractivity (Wildman–Crippen MR) is 82.9 cm³/mol. The van der Waals surface area contributed by atoms with Crippen molar-refractivity contribution in [1.29, 1.82) is 5.26 Å². The molecule has 2 rings (SSSR count). The minimum absolute atomic E-state index is 0.0865. The molecule has 1 atom stereocenters. The fourth-order valence-corrected chi connectivity index (χ4v) is 1.84. The molecule has 2 aromatic rings. The highest BCUT2D eigenvalue weighted by Crippen LogP contribution is 2.22. The standard InChI is InChI=1S/C16H12FN3O4/c1-10(24-13-5-2-11(9-18)3-6-13)16(21)19-12-4-7-14(17)15(8-12)20(22)23/h2-8,10H,1H3,(H,19,21)/t10-/m1/s1. The lowest BCUT2D eigenvalue weighted by Crippen LogP contribution is -2.30. The molecule has 0 unspecified atom stereocenters. The molecule has 0 aliphatic heterocycles. The first-order chi connectivity index (χ1) is 11.4. The molecule has 0 aliphatic rings. The molecule has 7 nitrogen and oxygen atoms in total. The molecular weight excluding hydrogens is 317 g/mol. The van der Waals surface area contributed by atoms with Gasteiger partial charge in [-0.05, 0) is 43.3 Å². The Kier molecular flexibility index (Phi) is 5.06. The molecular formula is C16H12FN3O4. The van der Waals surface area contributed by atoms with Gasteiger partial charge in [0.15, 0.2) is 6.10 Å². The molecule has 8 heteroatoms. The molecule has 0 fully saturated rings. The second-order valence-electron chi connectivity index (χ2n) is 4.81. The van der Waals surface area contributed by atoms with E-state index in [2.05, 4.69) is 5.32 Å². The number of nitro groups is 1. The lowest BCUT2D eigenvalue weighted by molar-refractivity contribution is -0.387. The van der Waals surface area contributed by atoms with Gasteiger partial charge in [-0.3, -0.25) is 14.9 Å². The summed E-state index contributed by atoms with van der Waals surface area (Å²) in [5.41, 5.74) is -0.185. The van der Waals surface area contributed by atoms with Crippen LogP contribution in [-0.2, 0) is 4.79 Å². The van der Waals surface area contributed by atoms with Crippen molar-refractivity contribution in [2.75, 3.05) is 5.32 Å². The number of hydrogen-bond acceptors (Lipinski definition) is 5. The van der Waals surface area contributed by atoms with Gasteiger partial charge in [-0.1, -0.05) is 0 Å². The smallest absolute Gasteiger partial charge is 0.306 e. The van der Waals surface area contributed by atoms with Crippen molar-refractivity contribution in [3.63, 3.8) is 0 Å². The van der Waals surface area contributed by atoms with Crippen LogP contribution in [0.3, 0.4) is 0 Å². The average molecular weight is 329 g/mol. The van der Waals surface area contributed by atoms with E-state index < -0.39 is 28.4 Å². The Bertz CT molecular complexity index is 815. The number of rotatable bonds is 5. The van der Waals surface area contributed by atoms with Crippen LogP contribution in [0.2, 0.25) is 0 Å². The third kappa shape index (κ3) is 4.04. The van der Waals surface area contributed by atoms with Crippen LogP contribution < -0.4 is 10.1 Å². The molecule has 0 bridgehead atoms. The van der Waals surface area contributed by atoms with E-state index in [0.29, 0.717) is 11.3 Å². The number of carbonyl (C=O) groups excluding carboxylic acids is 1. The number of amides is 1. The molecule has 0 radical (unpaired) electrons. The number of benzene rings is 2. The van der Waals surface area contributed by atoms with Gasteiger partial charge in [0.2, 0.25) is 5.82 Å². The first kappa shape index (κ1) is 16.9. The Labute approximate surface area is 136 Å². The minimum atomic E-state index is -0.986. The molecule has 0 saturated carbocycles. The van der Waals surface area contributed by atoms with Crippen molar-refractivity contribution in [2.45, 2.75) is 13.0 Å². The van der Waals surface area contributed by atoms with Crippen molar-refractivity contribution >= 4 is 17.3 Å². The van der Waals surface area contributed by atoms with Gasteiger partial charge in [0.25, 0.3) is 5.91 Å². The van der Waals surface area contributed by atoms with Crippen LogP contribution in [0.4, 0.5) is 15.8 Å². The van der Waals surface area contributed by atoms with Crippen molar-refractivity contribution in [1.82, 2.24) is 0 Å². The molecule has 0 aromatic heterocycles. The topological polar surface area (TPSA) is 105 Å². The summed E-state index contributed by atoms with van der Waals surface area (Å²) < 4.78 is 18.7. The Morgan fingerprint density at radius 2 is 2.00 bits per heavy atom. The Balaban J connectivity index is 2.04. The van der Waals surface area contributed by atoms with Crippen LogP contribution in [0, 0.1) is 27.3 Å². The molecule has 0 saturated heterocycles. The molecule has 2 aromatic carbocycles. The SMILES string of the molecule is C[C@@H](Oc1ccc(C#N)cc1)C(=O)Nc1ccc(F)c([N+](=O)[O-])c1. The van der Waals surface area contributed by atoms with E-state index in [1.807, 2.05) is 6.07 Å². The van der Waals surface area contributed by atoms with E-state index in [1.54, 1.807) is 24.3 Å². The highest BCUT2D eigenvalue weighted by Gasteiger charge is 2.18. The zero-order valence-corrected chi connectivity index (χ0v) is 12.5. The minimum Gasteiger partial charge on any atom is -0.481 e. The van der Waals surface area contributed by atoms with Crippen LogP contribution in [0.25, 0.3) is 0 Å². The third-order valence-electron chi connectivity index (χ3n) is 3.08. The van der Waals surface area contributed by atoms with E-state index in [9.17, 15) is 19.3 Å². The van der Waals surface area contributed by atoms with Crippen molar-refractivity contribution in [3.8, 4) is 11.8 Å². The fourth-order valence-electron chi connectivity index (χ4n) is 1.84. The number of anilines is 1. The van der Waals surface area contributed by atoms with E-state index in [1.165, 1.54) is 13.0 Å². The molecule has 0 spiro atoms. The second kappa shape index (κ2) is 7.19. The lowest BCUT2D eigenvalue weighted by Gasteiger charge is -2.14. The number of nitrogens with one attached hydrogen (secondary N) is 1. The summed E-state index contributed by atoms with van der Waals surface area (Å²) in [5.74, 6) is -1.15. The number of ether oxygens (including phenoxy) is 1. The Hall–Kier alpha value is -3.47. The summed E-state index contributed by atoms with van der Waals surface area (Å²) in [7, 11) is 0. The first-order valence-electron chi connectivity index (χ1n) is 6.82. The van der Waals surface area contributed by atoms with Gasteiger partial charge < -0.3 is 10.1 Å². The van der Waals surface area contributed by atoms with Crippen LogP contribution in [-0.4, -0.2) is 16.9 Å². The second-order valence-corrected chi connectivity index (χ2v) is 4.81. The van der Waals surface area contributed by atoms with Crippen molar-refractivity contribution < 1.29 is 18.8 Å². The predicted octanol–water partition coefficient (Wildman–Crippen LogP) is 3.01. The number of nitriles is 1. The monoisotopic (exact) mass is 329 g/mol. The van der Waals surface area contributed by atoms with Crippen LogP contribution in [0.15, 0.2) is 42.5 Å². The number of halogens is 1. The summed E-state index contributed by atoms with van der Waals surface area (Å²) in [6.07, 6.45) is -0.901. The summed E-state index contributed by atoms with van der Waals surface area (Å²) in [6, 6.07) is 11.2. The number of nitro benzene ring substituents is 1. The van der Waals surface area contributed by atoms with Crippen LogP contribution in [0.5, 0.6) is 5.75 Å². The molecule has 0 heterocycles. The van der Waals surface area contributed by atoms with Gasteiger partial charge in [0, 0.05) is 11.8 Å². The van der Waals surface area contributed by atoms with Crippen LogP contribution in [0.1, 0.15) is 12.5 Å². The van der Waals surface area contributed by atoms with Crippen LogP contribution >= 0.6 is 0 Å². The van der Waals surface area contributed by atoms with E-state index in [-0.39, 0.29) is 5.69 Å². The van der Waals surface area contributed by atoms with E-state index in [0.717, 1.165) is 12.1 Å². The highest BCUT2D eigenvalue weighted by atomic mass is 19.1. The number of nitrogens with zero attached hydrogens (tertiary/aromatic N) is 2. The van der Waals surface area contributed by atoms with E-state index >= 15 is 0 Å². The van der Waals surface area contributed by atoms with Crippen molar-refractivity contribution in [2.24, 2.45) is 0 Å². The molecule has 1 N–H and O–H groups in total. The third-order valence-corrected chi connectivity index (χ3v) is 3.08. The lowest BCUT2D eigenvalue weighted by atomic mass is 10.2. The molecule has 122 valence electrons. The Morgan fingerprint density at radius 1 is 1.33 bits per heavy atom. The summed E-state index contributed by atoms with van der Waals surface area (Å²) in [4.78, 5) is 21.9. The average Bonchev–Trinajstić information content (AvgIpc) is 2.57. The summed E-state index contributed by atoms with van der Waals surface area (Å²) in [5, 5.41) is 21.8. The Morgan fingerprint density at radius 3 is 2.58 bits per heavy atom. The fraction of sp³-hybridized carbons (Fsp3) is 0.125. The molecule has 1 amide bonds. The zero-order chi connectivity index (χ0) is 17.7. The summed E-state index contributed by atoms with van der Waals surface area (Å²) in [6.45, 7) is 1.49. The quantitative estimate of drug-likeness (QED) is 0.670. The normalized spacial score (nSPS) is 11.2. The zero-order valence-electron chi connectivity index (χ0n) is 12.5. The maximum atomic E-state index is 13.3. The van der Waals surface area contributed by atoms with Gasteiger partial charge in [-0.25, -0.2) is 0 Å². The maximum Gasteiger partial charge on any atom is 0.306 e. The van der Waals surface area contributed by atoms with Gasteiger partial charge in [-0.15, -0.1) is 0 Å². The maximum absolute atomic E-state index is 13.3. The first-order valence-corrected chi connectivity index (χ1v) is 6.82. The number of hydrogen-bond donors (Lipinski definition) is 1. The largest absolute Gasteiger partial charge is 0.481 e. The number of carbonyl (C=O) groups is 1. The highest BCUT2D eigenvalue weighted by molar-refractivity contribution is 5.94. The van der Waals surface area contributed by atoms with Crippen molar-refractivity contribution in [3.05, 3.63) is 64.0 Å². The van der Waals surface area contributed by atoms with Gasteiger partial charge in [-0.2, -0.15) is 9.65 Å². The molecule has 0 aliphatic carbocycles.